The second kappa shape index (κ2) is 6.50. The van der Waals surface area contributed by atoms with Crippen molar-refractivity contribution in [1.29, 1.82) is 0 Å². The molecule has 0 aromatic heterocycles. The normalized spacial score (nSPS) is 29.5. The van der Waals surface area contributed by atoms with E-state index in [4.69, 9.17) is 8.92 Å². The van der Waals surface area contributed by atoms with E-state index in [-0.39, 0.29) is 7.12 Å². The Morgan fingerprint density at radius 3 is 3.08 bits per heavy atom. The molecule has 72 valence electrons. The highest BCUT2D eigenvalue weighted by Gasteiger charge is 2.27. The van der Waals surface area contributed by atoms with Crippen LogP contribution < -0.4 is 0 Å². The molecule has 2 atom stereocenters. The number of methoxy groups -OCH3 is 1. The van der Waals surface area contributed by atoms with Crippen molar-refractivity contribution in [3.8, 4) is 0 Å². The smallest absolute Gasteiger partial charge is 0.0866 e. The number of hydrogen-bond acceptors (Lipinski definition) is 4. The molecule has 1 heterocycles. The maximum atomic E-state index is 5.39. The minimum Gasteiger partial charge on any atom is -0.376 e. The Kier molecular flexibility index (Phi) is 6.02. The molecule has 5 heteroatoms. The minimum absolute atomic E-state index is 0.0122. The van der Waals surface area contributed by atoms with Crippen LogP contribution in [-0.4, -0.2) is 25.7 Å². The van der Waals surface area contributed by atoms with Crippen LogP contribution >= 0.6 is 28.6 Å². The van der Waals surface area contributed by atoms with Crippen LogP contribution in [0.1, 0.15) is 19.8 Å². The summed E-state index contributed by atoms with van der Waals surface area (Å²) in [7, 11) is 3.70. The molecule has 0 bridgehead atoms. The summed E-state index contributed by atoms with van der Waals surface area (Å²) in [5.41, 5.74) is 0. The van der Waals surface area contributed by atoms with Crippen LogP contribution in [0.5, 0.6) is 0 Å². The highest BCUT2D eigenvalue weighted by atomic mass is 33.3. The monoisotopic (exact) mass is 226 g/mol. The molecule has 2 nitrogen and oxygen atoms in total. The van der Waals surface area contributed by atoms with Crippen LogP contribution in [0.15, 0.2) is 0 Å². The predicted molar refractivity (Wildman–Crippen MR) is 58.6 cm³/mol. The van der Waals surface area contributed by atoms with Crippen molar-refractivity contribution in [2.24, 2.45) is 0 Å². The van der Waals surface area contributed by atoms with E-state index in [1.54, 1.807) is 0 Å². The summed E-state index contributed by atoms with van der Waals surface area (Å²) in [5, 5.41) is 0. The first-order valence-corrected chi connectivity index (χ1v) is 8.41. The van der Waals surface area contributed by atoms with Crippen LogP contribution in [0.3, 0.4) is 0 Å². The fraction of sp³-hybridized carbons (Fsp3) is 1.00. The highest BCUT2D eigenvalue weighted by molar-refractivity contribution is 8.97. The Bertz CT molecular complexity index is 126. The van der Waals surface area contributed by atoms with Gasteiger partial charge >= 0.3 is 0 Å². The molecule has 0 aliphatic carbocycles. The lowest BCUT2D eigenvalue weighted by Gasteiger charge is -2.15. The molecule has 1 rings (SSSR count). The van der Waals surface area contributed by atoms with E-state index in [9.17, 15) is 0 Å². The fourth-order valence-electron chi connectivity index (χ4n) is 1.14. The van der Waals surface area contributed by atoms with E-state index in [1.807, 2.05) is 24.4 Å². The second-order valence-corrected chi connectivity index (χ2v) is 8.50. The largest absolute Gasteiger partial charge is 0.376 e. The van der Waals surface area contributed by atoms with Gasteiger partial charge in [0.2, 0.25) is 0 Å². The summed E-state index contributed by atoms with van der Waals surface area (Å²) in [5.74, 6) is 0.512. The van der Waals surface area contributed by atoms with Crippen molar-refractivity contribution in [1.82, 2.24) is 0 Å². The Labute approximate surface area is 83.3 Å². The van der Waals surface area contributed by atoms with Crippen LogP contribution in [0.4, 0.5) is 0 Å². The summed E-state index contributed by atoms with van der Waals surface area (Å²) in [6.45, 7) is 2.81. The SMILES string of the molecule is CCOSSP1CCCC1OC. The van der Waals surface area contributed by atoms with Gasteiger partial charge in [0.15, 0.2) is 0 Å². The van der Waals surface area contributed by atoms with E-state index < -0.39 is 0 Å². The van der Waals surface area contributed by atoms with E-state index in [1.165, 1.54) is 30.1 Å². The zero-order chi connectivity index (χ0) is 8.81. The molecule has 0 aromatic carbocycles. The first-order valence-electron chi connectivity index (χ1n) is 4.14. The number of ether oxygens (including phenoxy) is 1. The topological polar surface area (TPSA) is 18.5 Å². The van der Waals surface area contributed by atoms with Gasteiger partial charge in [-0.15, -0.1) is 0 Å². The standard InChI is InChI=1S/C7H15O2PS2/c1-3-9-11-12-10-6-4-5-7(10)8-2/h7H,3-6H2,1-2H3. The average Bonchev–Trinajstić information content (AvgIpc) is 2.52. The van der Waals surface area contributed by atoms with Crippen molar-refractivity contribution in [2.75, 3.05) is 19.9 Å². The van der Waals surface area contributed by atoms with Crippen molar-refractivity contribution in [2.45, 2.75) is 25.6 Å². The third-order valence-corrected chi connectivity index (χ3v) is 8.74. The maximum Gasteiger partial charge on any atom is 0.0866 e. The molecule has 12 heavy (non-hydrogen) atoms. The van der Waals surface area contributed by atoms with E-state index in [0.29, 0.717) is 5.85 Å². The van der Waals surface area contributed by atoms with Gasteiger partial charge in [-0.3, -0.25) is 0 Å². The summed E-state index contributed by atoms with van der Waals surface area (Å²) in [6.07, 6.45) is 3.89. The van der Waals surface area contributed by atoms with Crippen molar-refractivity contribution < 1.29 is 8.92 Å². The van der Waals surface area contributed by atoms with Crippen LogP contribution in [0.2, 0.25) is 0 Å². The molecule has 1 saturated heterocycles. The molecule has 1 aliphatic heterocycles. The Hall–Kier alpha value is 1.05. The molecule has 0 saturated carbocycles. The van der Waals surface area contributed by atoms with Crippen LogP contribution in [0.25, 0.3) is 0 Å². The lowest BCUT2D eigenvalue weighted by Crippen LogP contribution is -1.99. The molecule has 0 amide bonds. The van der Waals surface area contributed by atoms with E-state index in [0.717, 1.165) is 6.61 Å². The molecule has 0 N–H and O–H groups in total. The average molecular weight is 226 g/mol. The molecule has 2 unspecified atom stereocenters. The third-order valence-electron chi connectivity index (χ3n) is 1.71. The van der Waals surface area contributed by atoms with Gasteiger partial charge in [-0.05, 0) is 43.5 Å². The molecule has 0 radical (unpaired) electrons. The number of rotatable bonds is 5. The Morgan fingerprint density at radius 1 is 1.58 bits per heavy atom. The molecular weight excluding hydrogens is 211 g/mol. The maximum absolute atomic E-state index is 5.39. The molecule has 0 aromatic rings. The van der Waals surface area contributed by atoms with Gasteiger partial charge in [-0.1, -0.05) is 0 Å². The van der Waals surface area contributed by atoms with E-state index >= 15 is 0 Å². The molecule has 0 spiro atoms. The quantitative estimate of drug-likeness (QED) is 0.309. The fourth-order valence-corrected chi connectivity index (χ4v) is 7.77. The molecule has 1 aliphatic rings. The summed E-state index contributed by atoms with van der Waals surface area (Å²) < 4.78 is 10.6. The van der Waals surface area contributed by atoms with Gasteiger partial charge in [0.05, 0.1) is 23.5 Å². The predicted octanol–water partition coefficient (Wildman–Crippen LogP) is 3.48. The Morgan fingerprint density at radius 2 is 2.42 bits per heavy atom. The van der Waals surface area contributed by atoms with Gasteiger partial charge in [-0.2, -0.15) is 0 Å². The van der Waals surface area contributed by atoms with Crippen molar-refractivity contribution in [3.63, 3.8) is 0 Å². The summed E-state index contributed by atoms with van der Waals surface area (Å²) in [6, 6.07) is 0. The minimum atomic E-state index is 0.0122. The first kappa shape index (κ1) is 11.1. The van der Waals surface area contributed by atoms with Gasteiger partial charge in [-0.25, -0.2) is 0 Å². The van der Waals surface area contributed by atoms with Crippen molar-refractivity contribution >= 4 is 28.6 Å². The van der Waals surface area contributed by atoms with Crippen LogP contribution in [-0.2, 0) is 8.92 Å². The lowest BCUT2D eigenvalue weighted by atomic mass is 10.4. The zero-order valence-electron chi connectivity index (χ0n) is 7.49. The van der Waals surface area contributed by atoms with Crippen molar-refractivity contribution in [3.05, 3.63) is 0 Å². The summed E-state index contributed by atoms with van der Waals surface area (Å²) >= 11 is 1.54. The third kappa shape index (κ3) is 3.43. The Balaban J connectivity index is 2.12. The zero-order valence-corrected chi connectivity index (χ0v) is 10.0. The second-order valence-electron chi connectivity index (χ2n) is 2.52. The van der Waals surface area contributed by atoms with Gasteiger partial charge in [0, 0.05) is 7.11 Å². The van der Waals surface area contributed by atoms with Crippen LogP contribution in [0, 0.1) is 0 Å². The van der Waals surface area contributed by atoms with Gasteiger partial charge < -0.3 is 8.92 Å². The number of hydrogen-bond donors (Lipinski definition) is 0. The molecule has 1 fully saturated rings. The summed E-state index contributed by atoms with van der Waals surface area (Å²) in [4.78, 5) is 0. The molecular formula is C7H15O2PS2. The first-order chi connectivity index (χ1) is 5.88. The van der Waals surface area contributed by atoms with E-state index in [2.05, 4.69) is 0 Å². The lowest BCUT2D eigenvalue weighted by molar-refractivity contribution is 0.168. The van der Waals surface area contributed by atoms with Gasteiger partial charge in [0.1, 0.15) is 0 Å². The highest BCUT2D eigenvalue weighted by Crippen LogP contribution is 2.64. The van der Waals surface area contributed by atoms with Gasteiger partial charge in [0.25, 0.3) is 0 Å².